The maximum Gasteiger partial charge on any atom is 0.330 e. The van der Waals surface area contributed by atoms with Gasteiger partial charge in [-0.3, -0.25) is 19.0 Å². The normalized spacial score (nSPS) is 16.4. The van der Waals surface area contributed by atoms with Gasteiger partial charge in [0, 0.05) is 31.4 Å². The first kappa shape index (κ1) is 18.4. The van der Waals surface area contributed by atoms with Crippen LogP contribution in [0.1, 0.15) is 29.7 Å². The summed E-state index contributed by atoms with van der Waals surface area (Å²) in [6, 6.07) is 13.3. The highest BCUT2D eigenvalue weighted by Crippen LogP contribution is 2.28. The molecule has 0 bridgehead atoms. The van der Waals surface area contributed by atoms with Gasteiger partial charge < -0.3 is 4.90 Å². The zero-order valence-electron chi connectivity index (χ0n) is 16.7. The van der Waals surface area contributed by atoms with Gasteiger partial charge in [0.1, 0.15) is 0 Å². The molecule has 4 heterocycles. The molecule has 0 radical (unpaired) electrons. The number of aromatic amines is 1. The standard InChI is InChI=1S/C22H22N6O2/c1-2-27-18-9-6-11-23-20(18)28(22(27)30)16-10-12-26(14-16)21(29)17-13-24-25-19(17)15-7-4-3-5-8-15/h3-9,11,13,16H,2,10,12,14H2,1H3,(H,24,25). The van der Waals surface area contributed by atoms with E-state index < -0.39 is 0 Å². The first-order chi connectivity index (χ1) is 14.7. The molecule has 1 atom stereocenters. The van der Waals surface area contributed by atoms with Crippen LogP contribution in [0.5, 0.6) is 0 Å². The Bertz CT molecular complexity index is 1270. The van der Waals surface area contributed by atoms with E-state index in [2.05, 4.69) is 15.2 Å². The summed E-state index contributed by atoms with van der Waals surface area (Å²) in [4.78, 5) is 32.5. The van der Waals surface area contributed by atoms with E-state index in [9.17, 15) is 9.59 Å². The number of carbonyl (C=O) groups is 1. The van der Waals surface area contributed by atoms with Gasteiger partial charge in [0.2, 0.25) is 0 Å². The molecule has 4 aromatic rings. The summed E-state index contributed by atoms with van der Waals surface area (Å²) in [6.07, 6.45) is 3.99. The minimum atomic E-state index is -0.0984. The van der Waals surface area contributed by atoms with E-state index in [1.54, 1.807) is 26.4 Å². The zero-order valence-corrected chi connectivity index (χ0v) is 16.7. The maximum atomic E-state index is 13.2. The van der Waals surface area contributed by atoms with Gasteiger partial charge in [-0.05, 0) is 25.5 Å². The smallest absolute Gasteiger partial charge is 0.330 e. The number of hydrogen-bond donors (Lipinski definition) is 1. The van der Waals surface area contributed by atoms with Crippen molar-refractivity contribution in [1.82, 2.24) is 29.2 Å². The molecular formula is C22H22N6O2. The summed E-state index contributed by atoms with van der Waals surface area (Å²) in [5, 5.41) is 7.04. The second-order valence-electron chi connectivity index (χ2n) is 7.46. The van der Waals surface area contributed by atoms with Crippen molar-refractivity contribution in [3.05, 3.63) is 70.9 Å². The van der Waals surface area contributed by atoms with E-state index in [4.69, 9.17) is 0 Å². The van der Waals surface area contributed by atoms with Crippen LogP contribution in [-0.2, 0) is 6.54 Å². The van der Waals surface area contributed by atoms with E-state index in [0.29, 0.717) is 43.0 Å². The monoisotopic (exact) mass is 402 g/mol. The molecule has 1 fully saturated rings. The average molecular weight is 402 g/mol. The summed E-state index contributed by atoms with van der Waals surface area (Å²) in [7, 11) is 0. The van der Waals surface area contributed by atoms with Crippen LogP contribution in [-0.4, -0.2) is 48.2 Å². The number of imidazole rings is 1. The van der Waals surface area contributed by atoms with Crippen molar-refractivity contribution in [3.63, 3.8) is 0 Å². The third-order valence-corrected chi connectivity index (χ3v) is 5.79. The van der Waals surface area contributed by atoms with E-state index >= 15 is 0 Å². The van der Waals surface area contributed by atoms with Crippen LogP contribution in [0, 0.1) is 0 Å². The van der Waals surface area contributed by atoms with Crippen molar-refractivity contribution in [2.45, 2.75) is 25.9 Å². The van der Waals surface area contributed by atoms with Crippen LogP contribution < -0.4 is 5.69 Å². The molecule has 1 saturated heterocycles. The molecule has 8 heteroatoms. The van der Waals surface area contributed by atoms with Crippen LogP contribution in [0.2, 0.25) is 0 Å². The molecular weight excluding hydrogens is 380 g/mol. The van der Waals surface area contributed by atoms with Crippen LogP contribution in [0.25, 0.3) is 22.4 Å². The Hall–Kier alpha value is -3.68. The Kier molecular flexibility index (Phi) is 4.46. The van der Waals surface area contributed by atoms with Crippen molar-refractivity contribution < 1.29 is 4.79 Å². The SMILES string of the molecule is CCn1c(=O)n(C2CCN(C(=O)c3cn[nH]c3-c3ccccc3)C2)c2ncccc21. The summed E-state index contributed by atoms with van der Waals surface area (Å²) in [6.45, 7) is 3.59. The molecule has 152 valence electrons. The molecule has 0 aliphatic carbocycles. The number of nitrogens with one attached hydrogen (secondary N) is 1. The maximum absolute atomic E-state index is 13.2. The average Bonchev–Trinajstić information content (AvgIpc) is 3.51. The third kappa shape index (κ3) is 2.83. The minimum absolute atomic E-state index is 0.0706. The van der Waals surface area contributed by atoms with E-state index in [-0.39, 0.29) is 17.6 Å². The van der Waals surface area contributed by atoms with Gasteiger partial charge >= 0.3 is 5.69 Å². The molecule has 1 unspecified atom stereocenters. The molecule has 30 heavy (non-hydrogen) atoms. The number of likely N-dealkylation sites (tertiary alicyclic amines) is 1. The molecule has 3 aromatic heterocycles. The van der Waals surface area contributed by atoms with Crippen LogP contribution >= 0.6 is 0 Å². The first-order valence-corrected chi connectivity index (χ1v) is 10.1. The van der Waals surface area contributed by atoms with Gasteiger partial charge in [0.15, 0.2) is 5.65 Å². The number of benzene rings is 1. The summed E-state index contributed by atoms with van der Waals surface area (Å²) in [5.74, 6) is -0.0784. The fourth-order valence-electron chi connectivity index (χ4n) is 4.32. The molecule has 5 rings (SSSR count). The number of rotatable bonds is 4. The van der Waals surface area contributed by atoms with Crippen molar-refractivity contribution in [1.29, 1.82) is 0 Å². The van der Waals surface area contributed by atoms with Crippen LogP contribution in [0.3, 0.4) is 0 Å². The highest BCUT2D eigenvalue weighted by molar-refractivity contribution is 5.99. The fourth-order valence-corrected chi connectivity index (χ4v) is 4.32. The van der Waals surface area contributed by atoms with Gasteiger partial charge in [-0.25, -0.2) is 9.78 Å². The Morgan fingerprint density at radius 1 is 1.20 bits per heavy atom. The van der Waals surface area contributed by atoms with Gasteiger partial charge in [-0.15, -0.1) is 0 Å². The molecule has 1 N–H and O–H groups in total. The fraction of sp³-hybridized carbons (Fsp3) is 0.273. The second-order valence-corrected chi connectivity index (χ2v) is 7.46. The number of pyridine rings is 1. The van der Waals surface area contributed by atoms with Crippen LogP contribution in [0.15, 0.2) is 59.7 Å². The quantitative estimate of drug-likeness (QED) is 0.568. The Morgan fingerprint density at radius 3 is 2.83 bits per heavy atom. The van der Waals surface area contributed by atoms with E-state index in [1.165, 1.54) is 0 Å². The summed E-state index contributed by atoms with van der Waals surface area (Å²) < 4.78 is 3.48. The summed E-state index contributed by atoms with van der Waals surface area (Å²) in [5.41, 5.74) is 3.61. The molecule has 1 aromatic carbocycles. The number of aryl methyl sites for hydroxylation is 1. The summed E-state index contributed by atoms with van der Waals surface area (Å²) >= 11 is 0. The van der Waals surface area contributed by atoms with Gasteiger partial charge in [0.25, 0.3) is 5.91 Å². The number of H-pyrrole nitrogens is 1. The molecule has 1 aliphatic rings. The molecule has 1 aliphatic heterocycles. The van der Waals surface area contributed by atoms with E-state index in [0.717, 1.165) is 11.1 Å². The van der Waals surface area contributed by atoms with Crippen molar-refractivity contribution in [2.75, 3.05) is 13.1 Å². The Labute approximate surface area is 172 Å². The minimum Gasteiger partial charge on any atom is -0.336 e. The molecule has 0 spiro atoms. The molecule has 1 amide bonds. The highest BCUT2D eigenvalue weighted by atomic mass is 16.2. The lowest BCUT2D eigenvalue weighted by molar-refractivity contribution is 0.0788. The predicted octanol–water partition coefficient (Wildman–Crippen LogP) is 2.70. The molecule has 8 nitrogen and oxygen atoms in total. The lowest BCUT2D eigenvalue weighted by atomic mass is 10.1. The third-order valence-electron chi connectivity index (χ3n) is 5.79. The number of carbonyl (C=O) groups excluding carboxylic acids is 1. The van der Waals surface area contributed by atoms with Crippen molar-refractivity contribution in [3.8, 4) is 11.3 Å². The van der Waals surface area contributed by atoms with Gasteiger partial charge in [-0.2, -0.15) is 5.10 Å². The Morgan fingerprint density at radius 2 is 2.03 bits per heavy atom. The topological polar surface area (TPSA) is 88.8 Å². The lowest BCUT2D eigenvalue weighted by Gasteiger charge is -2.17. The van der Waals surface area contributed by atoms with E-state index in [1.807, 2.05) is 49.4 Å². The first-order valence-electron chi connectivity index (χ1n) is 10.1. The lowest BCUT2D eigenvalue weighted by Crippen LogP contribution is -2.32. The number of amides is 1. The van der Waals surface area contributed by atoms with Crippen molar-refractivity contribution >= 4 is 17.1 Å². The largest absolute Gasteiger partial charge is 0.336 e. The number of fused-ring (bicyclic) bond motifs is 1. The number of hydrogen-bond acceptors (Lipinski definition) is 4. The number of nitrogens with zero attached hydrogens (tertiary/aromatic N) is 5. The zero-order chi connectivity index (χ0) is 20.7. The van der Waals surface area contributed by atoms with Crippen LogP contribution in [0.4, 0.5) is 0 Å². The number of aromatic nitrogens is 5. The van der Waals surface area contributed by atoms with Gasteiger partial charge in [0.05, 0.1) is 29.0 Å². The Balaban J connectivity index is 1.45. The molecule has 0 saturated carbocycles. The van der Waals surface area contributed by atoms with Gasteiger partial charge in [-0.1, -0.05) is 30.3 Å². The predicted molar refractivity (Wildman–Crippen MR) is 113 cm³/mol. The van der Waals surface area contributed by atoms with Crippen molar-refractivity contribution in [2.24, 2.45) is 0 Å². The second kappa shape index (κ2) is 7.29. The highest BCUT2D eigenvalue weighted by Gasteiger charge is 2.32.